The number of guanidine groups is 1. The van der Waals surface area contributed by atoms with Crippen LogP contribution in [0.3, 0.4) is 0 Å². The van der Waals surface area contributed by atoms with Crippen LogP contribution in [-0.4, -0.2) is 63.7 Å². The molecule has 1 aliphatic heterocycles. The first-order chi connectivity index (χ1) is 13.8. The van der Waals surface area contributed by atoms with E-state index < -0.39 is 28.3 Å². The monoisotopic (exact) mass is 577 g/mol. The Balaban J connectivity index is 0.00000480. The van der Waals surface area contributed by atoms with E-state index in [2.05, 4.69) is 20.3 Å². The van der Waals surface area contributed by atoms with E-state index in [1.165, 1.54) is 11.0 Å². The van der Waals surface area contributed by atoms with Gasteiger partial charge in [-0.2, -0.15) is 13.2 Å². The van der Waals surface area contributed by atoms with Crippen LogP contribution in [0, 0.1) is 0 Å². The van der Waals surface area contributed by atoms with Crippen molar-refractivity contribution >= 4 is 40.0 Å². The lowest BCUT2D eigenvalue weighted by Crippen LogP contribution is -2.45. The SMILES string of the molecule is CN=C(NCc1ccccc1S(=O)(=O)NC(C)(C)C)NC1CCN(CC(F)(F)F)C1.I. The number of likely N-dealkylation sites (tertiary alicyclic amines) is 1. The number of nitrogens with one attached hydrogen (secondary N) is 3. The van der Waals surface area contributed by atoms with Crippen LogP contribution in [0.4, 0.5) is 13.2 Å². The molecule has 12 heteroatoms. The van der Waals surface area contributed by atoms with Crippen molar-refractivity contribution in [3.8, 4) is 0 Å². The normalized spacial score (nSPS) is 18.5. The van der Waals surface area contributed by atoms with E-state index in [0.29, 0.717) is 24.5 Å². The lowest BCUT2D eigenvalue weighted by molar-refractivity contribution is -0.143. The molecule has 1 saturated heterocycles. The molecule has 1 aromatic rings. The molecule has 1 unspecified atom stereocenters. The van der Waals surface area contributed by atoms with Crippen LogP contribution in [0.5, 0.6) is 0 Å². The Bertz CT molecular complexity index is 857. The topological polar surface area (TPSA) is 85.8 Å². The van der Waals surface area contributed by atoms with Gasteiger partial charge >= 0.3 is 6.18 Å². The summed E-state index contributed by atoms with van der Waals surface area (Å²) in [5.74, 6) is 0.407. The summed E-state index contributed by atoms with van der Waals surface area (Å²) >= 11 is 0. The Morgan fingerprint density at radius 2 is 1.87 bits per heavy atom. The molecule has 1 fully saturated rings. The average molecular weight is 577 g/mol. The van der Waals surface area contributed by atoms with Crippen LogP contribution in [0.25, 0.3) is 0 Å². The molecule has 1 aromatic carbocycles. The second-order valence-electron chi connectivity index (χ2n) is 8.37. The molecular weight excluding hydrogens is 546 g/mol. The van der Waals surface area contributed by atoms with Crippen LogP contribution in [-0.2, 0) is 16.6 Å². The third-order valence-corrected chi connectivity index (χ3v) is 6.25. The van der Waals surface area contributed by atoms with Crippen molar-refractivity contribution in [3.63, 3.8) is 0 Å². The van der Waals surface area contributed by atoms with Gasteiger partial charge in [0.15, 0.2) is 5.96 Å². The quantitative estimate of drug-likeness (QED) is 0.275. The molecule has 31 heavy (non-hydrogen) atoms. The first-order valence-corrected chi connectivity index (χ1v) is 11.2. The zero-order chi connectivity index (χ0) is 22.6. The fraction of sp³-hybridized carbons (Fsp3) is 0.632. The van der Waals surface area contributed by atoms with E-state index in [1.807, 2.05) is 0 Å². The molecule has 0 saturated carbocycles. The van der Waals surface area contributed by atoms with E-state index in [4.69, 9.17) is 0 Å². The van der Waals surface area contributed by atoms with Crippen molar-refractivity contribution in [1.29, 1.82) is 0 Å². The molecule has 0 bridgehead atoms. The Morgan fingerprint density at radius 3 is 2.45 bits per heavy atom. The molecule has 3 N–H and O–H groups in total. The van der Waals surface area contributed by atoms with Gasteiger partial charge in [0.05, 0.1) is 11.4 Å². The molecule has 0 spiro atoms. The van der Waals surface area contributed by atoms with E-state index in [9.17, 15) is 21.6 Å². The standard InChI is InChI=1S/C19H30F3N5O2S.HI/c1-18(2,3)26-30(28,29)16-8-6-5-7-14(16)11-24-17(23-4)25-15-9-10-27(12-15)13-19(20,21)22;/h5-8,15,26H,9-13H2,1-4H3,(H2,23,24,25);1H. The van der Waals surface area contributed by atoms with E-state index in [0.717, 1.165) is 0 Å². The zero-order valence-corrected chi connectivity index (χ0v) is 21.2. The number of halogens is 4. The van der Waals surface area contributed by atoms with E-state index >= 15 is 0 Å². The molecule has 2 rings (SSSR count). The van der Waals surface area contributed by atoms with Gasteiger partial charge in [-0.1, -0.05) is 18.2 Å². The predicted octanol–water partition coefficient (Wildman–Crippen LogP) is 2.68. The summed E-state index contributed by atoms with van der Waals surface area (Å²) < 4.78 is 65.8. The highest BCUT2D eigenvalue weighted by molar-refractivity contribution is 14.0. The number of alkyl halides is 3. The molecule has 0 amide bonds. The smallest absolute Gasteiger partial charge is 0.352 e. The minimum absolute atomic E-state index is 0. The number of nitrogens with zero attached hydrogens (tertiary/aromatic N) is 2. The van der Waals surface area contributed by atoms with E-state index in [-0.39, 0.29) is 48.0 Å². The summed E-state index contributed by atoms with van der Waals surface area (Å²) in [6.45, 7) is 5.18. The van der Waals surface area contributed by atoms with Gasteiger partial charge < -0.3 is 10.6 Å². The van der Waals surface area contributed by atoms with Crippen molar-refractivity contribution in [2.45, 2.75) is 56.4 Å². The number of benzene rings is 1. The third-order valence-electron chi connectivity index (χ3n) is 4.39. The van der Waals surface area contributed by atoms with Gasteiger partial charge in [0.25, 0.3) is 0 Å². The van der Waals surface area contributed by atoms with Crippen molar-refractivity contribution in [1.82, 2.24) is 20.3 Å². The van der Waals surface area contributed by atoms with Crippen LogP contribution in [0.2, 0.25) is 0 Å². The summed E-state index contributed by atoms with van der Waals surface area (Å²) in [5.41, 5.74) is -0.0656. The van der Waals surface area contributed by atoms with Gasteiger partial charge in [-0.25, -0.2) is 13.1 Å². The lowest BCUT2D eigenvalue weighted by Gasteiger charge is -2.22. The molecule has 1 aliphatic rings. The lowest BCUT2D eigenvalue weighted by atomic mass is 10.1. The van der Waals surface area contributed by atoms with Crippen LogP contribution in [0.15, 0.2) is 34.2 Å². The van der Waals surface area contributed by atoms with E-state index in [1.54, 1.807) is 46.0 Å². The predicted molar refractivity (Wildman–Crippen MR) is 126 cm³/mol. The van der Waals surface area contributed by atoms with Gasteiger partial charge in [0.1, 0.15) is 0 Å². The maximum atomic E-state index is 12.7. The Hall–Kier alpha value is -1.12. The fourth-order valence-electron chi connectivity index (χ4n) is 3.28. The highest BCUT2D eigenvalue weighted by Gasteiger charge is 2.34. The summed E-state index contributed by atoms with van der Waals surface area (Å²) in [5, 5.41) is 6.17. The Labute approximate surface area is 199 Å². The second kappa shape index (κ2) is 11.1. The van der Waals surface area contributed by atoms with Gasteiger partial charge in [-0.05, 0) is 38.8 Å². The summed E-state index contributed by atoms with van der Waals surface area (Å²) in [6.07, 6.45) is -3.65. The van der Waals surface area contributed by atoms with Crippen molar-refractivity contribution in [2.75, 3.05) is 26.7 Å². The maximum absolute atomic E-state index is 12.7. The van der Waals surface area contributed by atoms with Crippen molar-refractivity contribution in [2.24, 2.45) is 4.99 Å². The number of sulfonamides is 1. The molecule has 178 valence electrons. The zero-order valence-electron chi connectivity index (χ0n) is 18.1. The highest BCUT2D eigenvalue weighted by atomic mass is 127. The summed E-state index contributed by atoms with van der Waals surface area (Å²) in [6, 6.07) is 6.47. The molecule has 0 aromatic heterocycles. The highest BCUT2D eigenvalue weighted by Crippen LogP contribution is 2.20. The van der Waals surface area contributed by atoms with Gasteiger partial charge in [0, 0.05) is 38.3 Å². The maximum Gasteiger partial charge on any atom is 0.401 e. The Morgan fingerprint density at radius 1 is 1.23 bits per heavy atom. The minimum atomic E-state index is -4.22. The van der Waals surface area contributed by atoms with Gasteiger partial charge in [0.2, 0.25) is 10.0 Å². The first-order valence-electron chi connectivity index (χ1n) is 9.67. The number of rotatable bonds is 6. The minimum Gasteiger partial charge on any atom is -0.352 e. The largest absolute Gasteiger partial charge is 0.401 e. The second-order valence-corrected chi connectivity index (χ2v) is 10.0. The van der Waals surface area contributed by atoms with Crippen molar-refractivity contribution in [3.05, 3.63) is 29.8 Å². The first kappa shape index (κ1) is 27.9. The van der Waals surface area contributed by atoms with Crippen LogP contribution < -0.4 is 15.4 Å². The number of hydrogen-bond donors (Lipinski definition) is 3. The Kier molecular flexibility index (Phi) is 10.0. The number of aliphatic imine (C=N–C) groups is 1. The molecule has 1 heterocycles. The summed E-state index contributed by atoms with van der Waals surface area (Å²) in [7, 11) is -2.16. The molecular formula is C19H31F3IN5O2S. The number of hydrogen-bond acceptors (Lipinski definition) is 4. The fourth-order valence-corrected chi connectivity index (χ4v) is 4.94. The van der Waals surface area contributed by atoms with Crippen LogP contribution in [0.1, 0.15) is 32.8 Å². The molecule has 0 radical (unpaired) electrons. The average Bonchev–Trinajstić information content (AvgIpc) is 3.01. The molecule has 7 nitrogen and oxygen atoms in total. The third kappa shape index (κ3) is 9.49. The molecule has 1 atom stereocenters. The van der Waals surface area contributed by atoms with Gasteiger partial charge in [-0.3, -0.25) is 9.89 Å². The van der Waals surface area contributed by atoms with Crippen molar-refractivity contribution < 1.29 is 21.6 Å². The van der Waals surface area contributed by atoms with Gasteiger partial charge in [-0.15, -0.1) is 24.0 Å². The van der Waals surface area contributed by atoms with Crippen LogP contribution >= 0.6 is 24.0 Å². The summed E-state index contributed by atoms with van der Waals surface area (Å²) in [4.78, 5) is 5.63. The molecule has 0 aliphatic carbocycles.